The highest BCUT2D eigenvalue weighted by molar-refractivity contribution is 6.35. The molecule has 2 aromatic rings. The second kappa shape index (κ2) is 4.97. The van der Waals surface area contributed by atoms with E-state index in [2.05, 4.69) is 0 Å². The lowest BCUT2D eigenvalue weighted by Crippen LogP contribution is -2.02. The maximum Gasteiger partial charge on any atom is 0.193 e. The van der Waals surface area contributed by atoms with E-state index in [-0.39, 0.29) is 5.78 Å². The van der Waals surface area contributed by atoms with Crippen molar-refractivity contribution < 1.29 is 9.53 Å². The van der Waals surface area contributed by atoms with Crippen LogP contribution in [0.15, 0.2) is 36.4 Å². The van der Waals surface area contributed by atoms with Gasteiger partial charge in [-0.3, -0.25) is 4.79 Å². The van der Waals surface area contributed by atoms with Crippen LogP contribution in [0, 0.1) is 0 Å². The number of ketones is 1. The molecule has 0 saturated carbocycles. The standard InChI is InChI=1S/C15H10Cl2O2/c16-13-4-11(5-14(17)6-13)15(18)9-1-2-10-7-19-8-12(10)3-9/h1-6H,7-8H2. The van der Waals surface area contributed by atoms with Crippen molar-refractivity contribution in [1.29, 1.82) is 0 Å². The van der Waals surface area contributed by atoms with Gasteiger partial charge in [0.15, 0.2) is 5.78 Å². The maximum atomic E-state index is 12.4. The van der Waals surface area contributed by atoms with Gasteiger partial charge >= 0.3 is 0 Å². The van der Waals surface area contributed by atoms with Crippen molar-refractivity contribution in [1.82, 2.24) is 0 Å². The lowest BCUT2D eigenvalue weighted by atomic mass is 9.99. The molecule has 0 aliphatic carbocycles. The number of carbonyl (C=O) groups is 1. The van der Waals surface area contributed by atoms with Crippen LogP contribution in [-0.2, 0) is 18.0 Å². The molecular weight excluding hydrogens is 283 g/mol. The molecule has 3 rings (SSSR count). The molecular formula is C15H10Cl2O2. The molecule has 0 atom stereocenters. The second-order valence-electron chi connectivity index (χ2n) is 4.46. The molecule has 0 fully saturated rings. The third kappa shape index (κ3) is 2.52. The van der Waals surface area contributed by atoms with E-state index in [0.29, 0.717) is 34.4 Å². The van der Waals surface area contributed by atoms with Crippen LogP contribution in [0.5, 0.6) is 0 Å². The van der Waals surface area contributed by atoms with Gasteiger partial charge in [-0.1, -0.05) is 35.3 Å². The van der Waals surface area contributed by atoms with Gasteiger partial charge in [-0.05, 0) is 35.4 Å². The molecule has 0 N–H and O–H groups in total. The summed E-state index contributed by atoms with van der Waals surface area (Å²) in [6.07, 6.45) is 0. The van der Waals surface area contributed by atoms with Gasteiger partial charge in [0.05, 0.1) is 13.2 Å². The number of rotatable bonds is 2. The Bertz CT molecular complexity index is 645. The molecule has 0 aromatic heterocycles. The van der Waals surface area contributed by atoms with Crippen molar-refractivity contribution in [2.45, 2.75) is 13.2 Å². The third-order valence-electron chi connectivity index (χ3n) is 3.11. The second-order valence-corrected chi connectivity index (χ2v) is 5.34. The number of ether oxygens (including phenoxy) is 1. The van der Waals surface area contributed by atoms with Gasteiger partial charge < -0.3 is 4.74 Å². The highest BCUT2D eigenvalue weighted by Gasteiger charge is 2.16. The van der Waals surface area contributed by atoms with E-state index in [1.165, 1.54) is 0 Å². The van der Waals surface area contributed by atoms with Crippen LogP contribution in [0.2, 0.25) is 10.0 Å². The summed E-state index contributed by atoms with van der Waals surface area (Å²) in [5.41, 5.74) is 3.33. The molecule has 0 amide bonds. The monoisotopic (exact) mass is 292 g/mol. The number of halogens is 2. The Morgan fingerprint density at radius 1 is 0.895 bits per heavy atom. The Morgan fingerprint density at radius 3 is 2.32 bits per heavy atom. The SMILES string of the molecule is O=C(c1cc(Cl)cc(Cl)c1)c1ccc2c(c1)COC2. The molecule has 0 bridgehead atoms. The topological polar surface area (TPSA) is 26.3 Å². The highest BCUT2D eigenvalue weighted by atomic mass is 35.5. The van der Waals surface area contributed by atoms with Gasteiger partial charge in [0.2, 0.25) is 0 Å². The van der Waals surface area contributed by atoms with Crippen LogP contribution in [0.4, 0.5) is 0 Å². The molecule has 0 saturated heterocycles. The summed E-state index contributed by atoms with van der Waals surface area (Å²) in [4.78, 5) is 12.4. The van der Waals surface area contributed by atoms with Crippen molar-refractivity contribution in [3.8, 4) is 0 Å². The largest absolute Gasteiger partial charge is 0.372 e. The molecule has 1 heterocycles. The molecule has 0 spiro atoms. The smallest absolute Gasteiger partial charge is 0.193 e. The summed E-state index contributed by atoms with van der Waals surface area (Å²) in [6, 6.07) is 10.5. The van der Waals surface area contributed by atoms with Crippen LogP contribution in [-0.4, -0.2) is 5.78 Å². The summed E-state index contributed by atoms with van der Waals surface area (Å²) in [6.45, 7) is 1.18. The van der Waals surface area contributed by atoms with Gasteiger partial charge in [0.1, 0.15) is 0 Å². The van der Waals surface area contributed by atoms with Crippen LogP contribution < -0.4 is 0 Å². The molecule has 1 aliphatic heterocycles. The lowest BCUT2D eigenvalue weighted by Gasteiger charge is -2.05. The van der Waals surface area contributed by atoms with Crippen molar-refractivity contribution >= 4 is 29.0 Å². The summed E-state index contributed by atoms with van der Waals surface area (Å²) < 4.78 is 5.34. The number of benzene rings is 2. The Morgan fingerprint density at radius 2 is 1.58 bits per heavy atom. The fourth-order valence-corrected chi connectivity index (χ4v) is 2.69. The minimum Gasteiger partial charge on any atom is -0.372 e. The van der Waals surface area contributed by atoms with E-state index in [9.17, 15) is 4.79 Å². The normalized spacial score (nSPS) is 13.4. The zero-order valence-electron chi connectivity index (χ0n) is 9.95. The molecule has 2 nitrogen and oxygen atoms in total. The van der Waals surface area contributed by atoms with Gasteiger partial charge in [-0.15, -0.1) is 0 Å². The summed E-state index contributed by atoms with van der Waals surface area (Å²) >= 11 is 11.8. The summed E-state index contributed by atoms with van der Waals surface area (Å²) in [7, 11) is 0. The van der Waals surface area contributed by atoms with Crippen molar-refractivity contribution in [2.24, 2.45) is 0 Å². The summed E-state index contributed by atoms with van der Waals surface area (Å²) in [5.74, 6) is -0.0842. The molecule has 96 valence electrons. The summed E-state index contributed by atoms with van der Waals surface area (Å²) in [5, 5.41) is 0.917. The van der Waals surface area contributed by atoms with Gasteiger partial charge in [-0.25, -0.2) is 0 Å². The van der Waals surface area contributed by atoms with E-state index in [0.717, 1.165) is 11.1 Å². The third-order valence-corrected chi connectivity index (χ3v) is 3.54. The minimum atomic E-state index is -0.0842. The molecule has 1 aliphatic rings. The molecule has 4 heteroatoms. The quantitative estimate of drug-likeness (QED) is 0.773. The predicted molar refractivity (Wildman–Crippen MR) is 74.8 cm³/mol. The first-order valence-electron chi connectivity index (χ1n) is 5.84. The lowest BCUT2D eigenvalue weighted by molar-refractivity contribution is 0.103. The Labute approximate surface area is 120 Å². The van der Waals surface area contributed by atoms with Gasteiger partial charge in [-0.2, -0.15) is 0 Å². The van der Waals surface area contributed by atoms with Crippen LogP contribution in [0.25, 0.3) is 0 Å². The first-order valence-corrected chi connectivity index (χ1v) is 6.59. The highest BCUT2D eigenvalue weighted by Crippen LogP contribution is 2.24. The Balaban J connectivity index is 1.99. The van der Waals surface area contributed by atoms with E-state index >= 15 is 0 Å². The molecule has 0 unspecified atom stereocenters. The number of fused-ring (bicyclic) bond motifs is 1. The fourth-order valence-electron chi connectivity index (χ4n) is 2.16. The van der Waals surface area contributed by atoms with Crippen molar-refractivity contribution in [2.75, 3.05) is 0 Å². The van der Waals surface area contributed by atoms with Crippen LogP contribution in [0.1, 0.15) is 27.0 Å². The van der Waals surface area contributed by atoms with Crippen molar-refractivity contribution in [3.63, 3.8) is 0 Å². The van der Waals surface area contributed by atoms with E-state index in [4.69, 9.17) is 27.9 Å². The van der Waals surface area contributed by atoms with Crippen molar-refractivity contribution in [3.05, 3.63) is 68.7 Å². The van der Waals surface area contributed by atoms with Gasteiger partial charge in [0, 0.05) is 21.2 Å². The van der Waals surface area contributed by atoms with Crippen LogP contribution >= 0.6 is 23.2 Å². The number of carbonyl (C=O) groups excluding carboxylic acids is 1. The molecule has 0 radical (unpaired) electrons. The minimum absolute atomic E-state index is 0.0842. The fraction of sp³-hybridized carbons (Fsp3) is 0.133. The maximum absolute atomic E-state index is 12.4. The average molecular weight is 293 g/mol. The van der Waals surface area contributed by atoms with E-state index < -0.39 is 0 Å². The predicted octanol–water partition coefficient (Wildman–Crippen LogP) is 4.25. The average Bonchev–Trinajstić information content (AvgIpc) is 2.83. The first-order chi connectivity index (χ1) is 9.13. The van der Waals surface area contributed by atoms with Gasteiger partial charge in [0.25, 0.3) is 0 Å². The van der Waals surface area contributed by atoms with E-state index in [1.54, 1.807) is 18.2 Å². The first kappa shape index (κ1) is 12.7. The zero-order valence-corrected chi connectivity index (χ0v) is 11.5. The van der Waals surface area contributed by atoms with Crippen LogP contribution in [0.3, 0.4) is 0 Å². The number of hydrogen-bond donors (Lipinski definition) is 0. The Kier molecular flexibility index (Phi) is 3.31. The van der Waals surface area contributed by atoms with E-state index in [1.807, 2.05) is 18.2 Å². The number of hydrogen-bond acceptors (Lipinski definition) is 2. The molecule has 19 heavy (non-hydrogen) atoms. The Hall–Kier alpha value is -1.35. The zero-order chi connectivity index (χ0) is 13.4. The molecule has 2 aromatic carbocycles.